The first kappa shape index (κ1) is 12.0. The zero-order valence-electron chi connectivity index (χ0n) is 9.39. The molecule has 0 radical (unpaired) electrons. The normalized spacial score (nSPS) is 13.2. The fourth-order valence-corrected chi connectivity index (χ4v) is 1.49. The number of benzene rings is 1. The summed E-state index contributed by atoms with van der Waals surface area (Å²) in [4.78, 5) is 0. The lowest BCUT2D eigenvalue weighted by Gasteiger charge is -2.03. The molecule has 0 saturated heterocycles. The van der Waals surface area contributed by atoms with Crippen LogP contribution >= 0.6 is 0 Å². The highest BCUT2D eigenvalue weighted by molar-refractivity contribution is 5.49. The quantitative estimate of drug-likeness (QED) is 0.701. The van der Waals surface area contributed by atoms with Gasteiger partial charge in [-0.2, -0.15) is 0 Å². The van der Waals surface area contributed by atoms with Crippen LogP contribution in [0.3, 0.4) is 0 Å². The summed E-state index contributed by atoms with van der Waals surface area (Å²) in [6, 6.07) is 10.1. The summed E-state index contributed by atoms with van der Waals surface area (Å²) in [7, 11) is 0. The first-order chi connectivity index (χ1) is 7.33. The molecule has 1 rings (SSSR count). The molecule has 0 spiro atoms. The van der Waals surface area contributed by atoms with Crippen LogP contribution in [0.2, 0.25) is 0 Å². The van der Waals surface area contributed by atoms with Gasteiger partial charge in [0.2, 0.25) is 0 Å². The molecule has 1 heteroatoms. The molecule has 1 N–H and O–H groups in total. The van der Waals surface area contributed by atoms with E-state index in [1.54, 1.807) is 0 Å². The van der Waals surface area contributed by atoms with Gasteiger partial charge in [0.15, 0.2) is 0 Å². The van der Waals surface area contributed by atoms with Crippen LogP contribution < -0.4 is 0 Å². The Labute approximate surface area is 92.5 Å². The van der Waals surface area contributed by atoms with E-state index in [4.69, 9.17) is 0 Å². The van der Waals surface area contributed by atoms with Gasteiger partial charge >= 0.3 is 0 Å². The van der Waals surface area contributed by atoms with Gasteiger partial charge in [-0.3, -0.25) is 0 Å². The zero-order chi connectivity index (χ0) is 10.9. The Kier molecular flexibility index (Phi) is 5.79. The van der Waals surface area contributed by atoms with E-state index in [0.717, 1.165) is 18.4 Å². The Morgan fingerprint density at radius 2 is 1.93 bits per heavy atom. The molecule has 1 nitrogen and oxygen atoms in total. The zero-order valence-corrected chi connectivity index (χ0v) is 9.39. The summed E-state index contributed by atoms with van der Waals surface area (Å²) in [5.74, 6) is 0. The predicted molar refractivity (Wildman–Crippen MR) is 65.6 cm³/mol. The molecule has 82 valence electrons. The van der Waals surface area contributed by atoms with E-state index in [2.05, 4.69) is 6.92 Å². The van der Waals surface area contributed by atoms with Crippen LogP contribution in [0.5, 0.6) is 0 Å². The summed E-state index contributed by atoms with van der Waals surface area (Å²) in [6.45, 7) is 2.17. The van der Waals surface area contributed by atoms with E-state index in [1.807, 2.05) is 42.5 Å². The molecule has 0 aliphatic carbocycles. The Morgan fingerprint density at radius 1 is 1.20 bits per heavy atom. The van der Waals surface area contributed by atoms with Crippen LogP contribution in [-0.4, -0.2) is 11.2 Å². The minimum Gasteiger partial charge on any atom is -0.389 e. The van der Waals surface area contributed by atoms with E-state index in [0.29, 0.717) is 0 Å². The van der Waals surface area contributed by atoms with E-state index in [1.165, 1.54) is 12.8 Å². The summed E-state index contributed by atoms with van der Waals surface area (Å²) >= 11 is 0. The molecule has 0 fully saturated rings. The predicted octanol–water partition coefficient (Wildman–Crippen LogP) is 3.64. The van der Waals surface area contributed by atoms with Gasteiger partial charge in [0, 0.05) is 0 Å². The van der Waals surface area contributed by atoms with Gasteiger partial charge in [-0.25, -0.2) is 0 Å². The van der Waals surface area contributed by atoms with Gasteiger partial charge in [0.05, 0.1) is 6.10 Å². The Bertz CT molecular complexity index is 277. The third kappa shape index (κ3) is 5.38. The monoisotopic (exact) mass is 204 g/mol. The van der Waals surface area contributed by atoms with Crippen molar-refractivity contribution in [2.45, 2.75) is 38.7 Å². The summed E-state index contributed by atoms with van der Waals surface area (Å²) in [6.07, 6.45) is 7.96. The van der Waals surface area contributed by atoms with Crippen LogP contribution in [0.25, 0.3) is 6.08 Å². The Balaban J connectivity index is 2.31. The molecular formula is C14H20O. The molecule has 0 amide bonds. The molecule has 1 aromatic rings. The molecule has 0 saturated carbocycles. The van der Waals surface area contributed by atoms with Crippen LogP contribution in [-0.2, 0) is 0 Å². The molecule has 1 aromatic carbocycles. The lowest BCUT2D eigenvalue weighted by molar-refractivity contribution is 0.209. The minimum absolute atomic E-state index is 0.295. The van der Waals surface area contributed by atoms with Crippen molar-refractivity contribution in [3.8, 4) is 0 Å². The number of unbranched alkanes of at least 4 members (excludes halogenated alkanes) is 2. The van der Waals surface area contributed by atoms with Crippen LogP contribution in [0, 0.1) is 0 Å². The molecule has 0 aromatic heterocycles. The van der Waals surface area contributed by atoms with Crippen molar-refractivity contribution in [2.75, 3.05) is 0 Å². The van der Waals surface area contributed by atoms with Gasteiger partial charge < -0.3 is 5.11 Å². The van der Waals surface area contributed by atoms with Crippen molar-refractivity contribution >= 4 is 6.08 Å². The van der Waals surface area contributed by atoms with Crippen molar-refractivity contribution in [3.05, 3.63) is 42.0 Å². The smallest absolute Gasteiger partial charge is 0.0724 e. The average molecular weight is 204 g/mol. The van der Waals surface area contributed by atoms with E-state index in [9.17, 15) is 5.11 Å². The van der Waals surface area contributed by atoms with Crippen molar-refractivity contribution in [1.29, 1.82) is 0 Å². The largest absolute Gasteiger partial charge is 0.389 e. The third-order valence-electron chi connectivity index (χ3n) is 2.41. The number of hydrogen-bond acceptors (Lipinski definition) is 1. The number of rotatable bonds is 6. The van der Waals surface area contributed by atoms with Gasteiger partial charge in [0.25, 0.3) is 0 Å². The van der Waals surface area contributed by atoms with Crippen LogP contribution in [0.4, 0.5) is 0 Å². The first-order valence-corrected chi connectivity index (χ1v) is 5.74. The standard InChI is InChI=1S/C14H20O/c1-2-3-5-10-14(15)12-11-13-8-6-4-7-9-13/h4,6-9,11-12,14-15H,2-3,5,10H2,1H3/b12-11+/t14-/m0/s1. The molecule has 0 heterocycles. The van der Waals surface area contributed by atoms with Gasteiger partial charge in [-0.05, 0) is 12.0 Å². The number of aliphatic hydroxyl groups excluding tert-OH is 1. The minimum atomic E-state index is -0.295. The fraction of sp³-hybridized carbons (Fsp3) is 0.429. The highest BCUT2D eigenvalue weighted by atomic mass is 16.3. The molecular weight excluding hydrogens is 184 g/mol. The molecule has 1 atom stereocenters. The second-order valence-electron chi connectivity index (χ2n) is 3.83. The van der Waals surface area contributed by atoms with Crippen molar-refractivity contribution in [2.24, 2.45) is 0 Å². The fourth-order valence-electron chi connectivity index (χ4n) is 1.49. The van der Waals surface area contributed by atoms with Crippen molar-refractivity contribution in [3.63, 3.8) is 0 Å². The van der Waals surface area contributed by atoms with Gasteiger partial charge in [-0.15, -0.1) is 0 Å². The highest BCUT2D eigenvalue weighted by Crippen LogP contribution is 2.07. The second-order valence-corrected chi connectivity index (χ2v) is 3.83. The maximum absolute atomic E-state index is 9.65. The summed E-state index contributed by atoms with van der Waals surface area (Å²) < 4.78 is 0. The molecule has 0 aliphatic heterocycles. The van der Waals surface area contributed by atoms with E-state index >= 15 is 0 Å². The first-order valence-electron chi connectivity index (χ1n) is 5.74. The maximum atomic E-state index is 9.65. The maximum Gasteiger partial charge on any atom is 0.0724 e. The van der Waals surface area contributed by atoms with E-state index < -0.39 is 0 Å². The lowest BCUT2D eigenvalue weighted by atomic mass is 10.1. The average Bonchev–Trinajstić information content (AvgIpc) is 2.28. The number of aliphatic hydroxyl groups is 1. The molecule has 15 heavy (non-hydrogen) atoms. The van der Waals surface area contributed by atoms with Gasteiger partial charge in [0.1, 0.15) is 0 Å². The van der Waals surface area contributed by atoms with E-state index in [-0.39, 0.29) is 6.10 Å². The lowest BCUT2D eigenvalue weighted by Crippen LogP contribution is -2.00. The Hall–Kier alpha value is -1.08. The SMILES string of the molecule is CCCCC[C@H](O)/C=C/c1ccccc1. The molecule has 0 aliphatic rings. The second kappa shape index (κ2) is 7.24. The topological polar surface area (TPSA) is 20.2 Å². The number of hydrogen-bond donors (Lipinski definition) is 1. The highest BCUT2D eigenvalue weighted by Gasteiger charge is 1.97. The van der Waals surface area contributed by atoms with Gasteiger partial charge in [-0.1, -0.05) is 68.7 Å². The summed E-state index contributed by atoms with van der Waals surface area (Å²) in [5.41, 5.74) is 1.15. The van der Waals surface area contributed by atoms with Crippen LogP contribution in [0.1, 0.15) is 38.2 Å². The molecule has 0 bridgehead atoms. The van der Waals surface area contributed by atoms with Crippen molar-refractivity contribution < 1.29 is 5.11 Å². The summed E-state index contributed by atoms with van der Waals surface area (Å²) in [5, 5.41) is 9.65. The Morgan fingerprint density at radius 3 is 2.60 bits per heavy atom. The van der Waals surface area contributed by atoms with Crippen molar-refractivity contribution in [1.82, 2.24) is 0 Å². The third-order valence-corrected chi connectivity index (χ3v) is 2.41. The molecule has 0 unspecified atom stereocenters. The van der Waals surface area contributed by atoms with Crippen LogP contribution in [0.15, 0.2) is 36.4 Å².